The molecule has 0 bridgehead atoms. The minimum Gasteiger partial charge on any atom is -0.478 e. The molecule has 112 valence electrons. The Hall–Kier alpha value is -2.09. The van der Waals surface area contributed by atoms with Crippen LogP contribution < -0.4 is 0 Å². The first kappa shape index (κ1) is 15.3. The van der Waals surface area contributed by atoms with Crippen molar-refractivity contribution in [3.8, 4) is 0 Å². The summed E-state index contributed by atoms with van der Waals surface area (Å²) in [6.07, 6.45) is -3.40. The number of furan rings is 1. The van der Waals surface area contributed by atoms with E-state index in [4.69, 9.17) is 9.52 Å². The molecule has 4 nitrogen and oxygen atoms in total. The fraction of sp³-hybridized carbons (Fsp3) is 0.154. The molecular formula is C13H9F3O4S. The van der Waals surface area contributed by atoms with E-state index in [-0.39, 0.29) is 22.0 Å². The van der Waals surface area contributed by atoms with E-state index in [0.29, 0.717) is 0 Å². The fourth-order valence-electron chi connectivity index (χ4n) is 1.66. The molecule has 0 amide bonds. The topological polar surface area (TPSA) is 67.5 Å². The second-order valence-electron chi connectivity index (χ2n) is 4.08. The molecular weight excluding hydrogens is 309 g/mol. The maximum atomic E-state index is 12.6. The van der Waals surface area contributed by atoms with E-state index >= 15 is 0 Å². The predicted molar refractivity (Wildman–Crippen MR) is 67.2 cm³/mol. The molecule has 0 aliphatic carbocycles. The van der Waals surface area contributed by atoms with Gasteiger partial charge in [0.25, 0.3) is 0 Å². The molecule has 8 heteroatoms. The van der Waals surface area contributed by atoms with Gasteiger partial charge in [0.2, 0.25) is 0 Å². The second-order valence-corrected chi connectivity index (χ2v) is 5.53. The van der Waals surface area contributed by atoms with Gasteiger partial charge in [0.1, 0.15) is 11.3 Å². The van der Waals surface area contributed by atoms with Crippen LogP contribution in [0.5, 0.6) is 0 Å². The average molecular weight is 318 g/mol. The van der Waals surface area contributed by atoms with E-state index < -0.39 is 28.5 Å². The van der Waals surface area contributed by atoms with Crippen LogP contribution in [0.25, 0.3) is 0 Å². The molecule has 1 aromatic carbocycles. The van der Waals surface area contributed by atoms with Crippen LogP contribution in [-0.2, 0) is 22.7 Å². The lowest BCUT2D eigenvalue weighted by Gasteiger charge is -2.08. The lowest BCUT2D eigenvalue weighted by molar-refractivity contribution is -0.137. The number of alkyl halides is 3. The number of halogens is 3. The first-order valence-electron chi connectivity index (χ1n) is 5.64. The van der Waals surface area contributed by atoms with Crippen molar-refractivity contribution in [2.75, 3.05) is 0 Å². The van der Waals surface area contributed by atoms with Crippen molar-refractivity contribution in [2.45, 2.75) is 16.8 Å². The standard InChI is InChI=1S/C13H9F3O4S/c14-13(15,16)8-2-1-3-9(6-8)21(19)7-11-10(12(17)18)4-5-20-11/h1-6H,7H2,(H,17,18). The highest BCUT2D eigenvalue weighted by Crippen LogP contribution is 2.30. The normalized spacial score (nSPS) is 13.1. The van der Waals surface area contributed by atoms with Gasteiger partial charge in [-0.15, -0.1) is 0 Å². The highest BCUT2D eigenvalue weighted by Gasteiger charge is 2.31. The van der Waals surface area contributed by atoms with Gasteiger partial charge in [-0.2, -0.15) is 13.2 Å². The molecule has 0 radical (unpaired) electrons. The van der Waals surface area contributed by atoms with Crippen LogP contribution in [0.15, 0.2) is 45.9 Å². The predicted octanol–water partition coefficient (Wildman–Crippen LogP) is 3.30. The highest BCUT2D eigenvalue weighted by molar-refractivity contribution is 7.84. The van der Waals surface area contributed by atoms with Crippen LogP contribution >= 0.6 is 0 Å². The van der Waals surface area contributed by atoms with Gasteiger partial charge in [-0.05, 0) is 24.3 Å². The summed E-state index contributed by atoms with van der Waals surface area (Å²) in [4.78, 5) is 10.8. The smallest absolute Gasteiger partial charge is 0.416 e. The van der Waals surface area contributed by atoms with Crippen LogP contribution in [0.1, 0.15) is 21.7 Å². The first-order valence-corrected chi connectivity index (χ1v) is 6.96. The van der Waals surface area contributed by atoms with Crippen LogP contribution in [0.2, 0.25) is 0 Å². The molecule has 0 aliphatic heterocycles. The van der Waals surface area contributed by atoms with Crippen molar-refractivity contribution in [1.29, 1.82) is 0 Å². The van der Waals surface area contributed by atoms with Gasteiger partial charge in [0.15, 0.2) is 0 Å². The van der Waals surface area contributed by atoms with Crippen molar-refractivity contribution in [2.24, 2.45) is 0 Å². The molecule has 1 aromatic heterocycles. The summed E-state index contributed by atoms with van der Waals surface area (Å²) in [5.41, 5.74) is -1.07. The SMILES string of the molecule is O=C(O)c1ccoc1CS(=O)c1cccc(C(F)(F)F)c1. The van der Waals surface area contributed by atoms with Crippen LogP contribution in [0, 0.1) is 0 Å². The van der Waals surface area contributed by atoms with Gasteiger partial charge in [-0.25, -0.2) is 4.79 Å². The van der Waals surface area contributed by atoms with E-state index in [1.165, 1.54) is 12.1 Å². The zero-order chi connectivity index (χ0) is 15.6. The maximum Gasteiger partial charge on any atom is 0.416 e. The number of benzene rings is 1. The van der Waals surface area contributed by atoms with Crippen molar-refractivity contribution >= 4 is 16.8 Å². The number of rotatable bonds is 4. The van der Waals surface area contributed by atoms with Crippen molar-refractivity contribution in [3.05, 3.63) is 53.5 Å². The second kappa shape index (κ2) is 5.72. The first-order chi connectivity index (χ1) is 9.79. The van der Waals surface area contributed by atoms with Crippen molar-refractivity contribution in [3.63, 3.8) is 0 Å². The maximum absolute atomic E-state index is 12.6. The molecule has 2 aromatic rings. The van der Waals surface area contributed by atoms with Crippen LogP contribution in [0.3, 0.4) is 0 Å². The Morgan fingerprint density at radius 3 is 2.62 bits per heavy atom. The fourth-order valence-corrected chi connectivity index (χ4v) is 2.78. The number of carboxylic acids is 1. The van der Waals surface area contributed by atoms with Gasteiger partial charge < -0.3 is 9.52 Å². The molecule has 2 rings (SSSR count). The Kier molecular flexibility index (Phi) is 4.17. The molecule has 1 heterocycles. The average Bonchev–Trinajstić information content (AvgIpc) is 2.86. The number of hydrogen-bond acceptors (Lipinski definition) is 3. The van der Waals surface area contributed by atoms with Crippen LogP contribution in [-0.4, -0.2) is 15.3 Å². The molecule has 0 spiro atoms. The molecule has 1 N–H and O–H groups in total. The Morgan fingerprint density at radius 2 is 2.00 bits per heavy atom. The van der Waals surface area contributed by atoms with Gasteiger partial charge in [-0.1, -0.05) is 6.07 Å². The molecule has 0 fully saturated rings. The third-order valence-electron chi connectivity index (χ3n) is 2.66. The zero-order valence-electron chi connectivity index (χ0n) is 10.4. The molecule has 1 unspecified atom stereocenters. The zero-order valence-corrected chi connectivity index (χ0v) is 11.2. The Balaban J connectivity index is 2.25. The number of hydrogen-bond donors (Lipinski definition) is 1. The van der Waals surface area contributed by atoms with E-state index in [1.54, 1.807) is 0 Å². The number of aromatic carboxylic acids is 1. The third kappa shape index (κ3) is 3.52. The van der Waals surface area contributed by atoms with Gasteiger partial charge in [-0.3, -0.25) is 4.21 Å². The summed E-state index contributed by atoms with van der Waals surface area (Å²) in [6.45, 7) is 0. The summed E-state index contributed by atoms with van der Waals surface area (Å²) in [7, 11) is -1.84. The van der Waals surface area contributed by atoms with E-state index in [0.717, 1.165) is 24.5 Å². The molecule has 1 atom stereocenters. The van der Waals surface area contributed by atoms with Gasteiger partial charge in [0, 0.05) is 4.90 Å². The summed E-state index contributed by atoms with van der Waals surface area (Å²) in [5, 5.41) is 8.88. The molecule has 21 heavy (non-hydrogen) atoms. The minimum absolute atomic E-state index is 0.0433. The lowest BCUT2D eigenvalue weighted by Crippen LogP contribution is -2.07. The molecule has 0 aliphatic rings. The summed E-state index contributed by atoms with van der Waals surface area (Å²) >= 11 is 0. The quantitative estimate of drug-likeness (QED) is 0.939. The Bertz CT molecular complexity index is 691. The largest absolute Gasteiger partial charge is 0.478 e. The Labute approximate surface area is 119 Å². The summed E-state index contributed by atoms with van der Waals surface area (Å²) in [5.74, 6) is -1.60. The highest BCUT2D eigenvalue weighted by atomic mass is 32.2. The third-order valence-corrected chi connectivity index (χ3v) is 3.97. The number of carbonyl (C=O) groups is 1. The molecule has 0 saturated carbocycles. The summed E-state index contributed by atoms with van der Waals surface area (Å²) in [6, 6.07) is 5.28. The van der Waals surface area contributed by atoms with Crippen molar-refractivity contribution < 1.29 is 31.7 Å². The monoisotopic (exact) mass is 318 g/mol. The lowest BCUT2D eigenvalue weighted by atomic mass is 10.2. The van der Waals surface area contributed by atoms with E-state index in [9.17, 15) is 22.2 Å². The van der Waals surface area contributed by atoms with Gasteiger partial charge in [0.05, 0.1) is 28.4 Å². The number of carboxylic acid groups (broad SMARTS) is 1. The van der Waals surface area contributed by atoms with Crippen molar-refractivity contribution in [1.82, 2.24) is 0 Å². The summed E-state index contributed by atoms with van der Waals surface area (Å²) < 4.78 is 54.7. The minimum atomic E-state index is -4.53. The van der Waals surface area contributed by atoms with Gasteiger partial charge >= 0.3 is 12.1 Å². The van der Waals surface area contributed by atoms with E-state index in [2.05, 4.69) is 0 Å². The van der Waals surface area contributed by atoms with E-state index in [1.807, 2.05) is 0 Å². The van der Waals surface area contributed by atoms with Crippen LogP contribution in [0.4, 0.5) is 13.2 Å². The Morgan fingerprint density at radius 1 is 1.29 bits per heavy atom. The molecule has 0 saturated heterocycles.